The number of allylic oxidation sites excluding steroid dienone is 1. The Morgan fingerprint density at radius 1 is 1.00 bits per heavy atom. The first kappa shape index (κ1) is 19.7. The molecule has 0 heterocycles. The molecule has 132 valence electrons. The molecule has 1 aromatic carbocycles. The van der Waals surface area contributed by atoms with Crippen LogP contribution < -0.4 is 14.2 Å². The van der Waals surface area contributed by atoms with Crippen LogP contribution in [0.5, 0.6) is 17.2 Å². The van der Waals surface area contributed by atoms with Gasteiger partial charge in [0.05, 0.1) is 26.9 Å². The molecule has 0 saturated heterocycles. The van der Waals surface area contributed by atoms with E-state index in [1.165, 1.54) is 28.3 Å². The summed E-state index contributed by atoms with van der Waals surface area (Å²) < 4.78 is 15.9. The highest BCUT2D eigenvalue weighted by Gasteiger charge is 2.17. The molecule has 0 atom stereocenters. The molecule has 24 heavy (non-hydrogen) atoms. The highest BCUT2D eigenvalue weighted by Crippen LogP contribution is 2.38. The molecule has 1 aromatic rings. The normalized spacial score (nSPS) is 11.1. The fourth-order valence-corrected chi connectivity index (χ4v) is 2.40. The van der Waals surface area contributed by atoms with E-state index in [1.807, 2.05) is 0 Å². The number of unbranched alkanes of at least 4 members (excludes halogenated alkanes) is 2. The van der Waals surface area contributed by atoms with E-state index in [0.29, 0.717) is 29.2 Å². The van der Waals surface area contributed by atoms with Crippen LogP contribution >= 0.6 is 0 Å². The van der Waals surface area contributed by atoms with Gasteiger partial charge < -0.3 is 14.2 Å². The second-order valence-electron chi connectivity index (χ2n) is 5.45. The summed E-state index contributed by atoms with van der Waals surface area (Å²) in [4.78, 5) is 24.2. The molecule has 0 aliphatic rings. The van der Waals surface area contributed by atoms with E-state index in [2.05, 4.69) is 6.92 Å². The second-order valence-corrected chi connectivity index (χ2v) is 5.45. The van der Waals surface area contributed by atoms with Gasteiger partial charge in [-0.3, -0.25) is 9.59 Å². The van der Waals surface area contributed by atoms with Crippen LogP contribution in [-0.4, -0.2) is 32.9 Å². The largest absolute Gasteiger partial charge is 0.493 e. The predicted octanol–water partition coefficient (Wildman–Crippen LogP) is 3.83. The Morgan fingerprint density at radius 2 is 1.58 bits per heavy atom. The molecule has 0 spiro atoms. The minimum Gasteiger partial charge on any atom is -0.493 e. The Kier molecular flexibility index (Phi) is 8.02. The van der Waals surface area contributed by atoms with E-state index < -0.39 is 0 Å². The van der Waals surface area contributed by atoms with Gasteiger partial charge >= 0.3 is 0 Å². The summed E-state index contributed by atoms with van der Waals surface area (Å²) >= 11 is 0. The number of ether oxygens (including phenoxy) is 3. The second kappa shape index (κ2) is 9.75. The van der Waals surface area contributed by atoms with Crippen molar-refractivity contribution in [1.29, 1.82) is 0 Å². The van der Waals surface area contributed by atoms with Crippen LogP contribution in [0.3, 0.4) is 0 Å². The van der Waals surface area contributed by atoms with Crippen LogP contribution in [0.1, 0.15) is 45.1 Å². The number of hydrogen-bond donors (Lipinski definition) is 0. The Hall–Kier alpha value is -2.30. The molecule has 1 rings (SSSR count). The highest BCUT2D eigenvalue weighted by molar-refractivity contribution is 6.22. The smallest absolute Gasteiger partial charge is 0.203 e. The maximum Gasteiger partial charge on any atom is 0.203 e. The molecular weight excluding hydrogens is 308 g/mol. The van der Waals surface area contributed by atoms with Crippen molar-refractivity contribution in [2.24, 2.45) is 0 Å². The van der Waals surface area contributed by atoms with E-state index in [-0.39, 0.29) is 17.1 Å². The van der Waals surface area contributed by atoms with E-state index >= 15 is 0 Å². The quantitative estimate of drug-likeness (QED) is 0.282. The summed E-state index contributed by atoms with van der Waals surface area (Å²) in [7, 11) is 4.56. The number of rotatable bonds is 10. The Balaban J connectivity index is 3.22. The zero-order valence-electron chi connectivity index (χ0n) is 15.1. The first-order chi connectivity index (χ1) is 11.5. The minimum atomic E-state index is -0.245. The zero-order valence-corrected chi connectivity index (χ0v) is 15.1. The SMILES string of the molecule is CCCCCC(=O)C(=Cc1cc(OC)c(OC)c(OC)c1)C(C)=O. The van der Waals surface area contributed by atoms with Crippen molar-refractivity contribution in [3.8, 4) is 17.2 Å². The Morgan fingerprint density at radius 3 is 2.00 bits per heavy atom. The van der Waals surface area contributed by atoms with Crippen LogP contribution in [0, 0.1) is 0 Å². The van der Waals surface area contributed by atoms with E-state index in [1.54, 1.807) is 18.2 Å². The fourth-order valence-electron chi connectivity index (χ4n) is 2.40. The summed E-state index contributed by atoms with van der Waals surface area (Å²) in [5, 5.41) is 0. The van der Waals surface area contributed by atoms with Gasteiger partial charge in [0.25, 0.3) is 0 Å². The van der Waals surface area contributed by atoms with Crippen molar-refractivity contribution >= 4 is 17.6 Å². The summed E-state index contributed by atoms with van der Waals surface area (Å²) in [5.74, 6) is 1.04. The first-order valence-corrected chi connectivity index (χ1v) is 8.04. The zero-order chi connectivity index (χ0) is 18.1. The molecule has 0 bridgehead atoms. The third-order valence-electron chi connectivity index (χ3n) is 3.69. The van der Waals surface area contributed by atoms with Crippen LogP contribution in [0.4, 0.5) is 0 Å². The number of carbonyl (C=O) groups excluding carboxylic acids is 2. The van der Waals surface area contributed by atoms with E-state index in [9.17, 15) is 9.59 Å². The number of ketones is 2. The summed E-state index contributed by atoms with van der Waals surface area (Å²) in [5.41, 5.74) is 0.846. The van der Waals surface area contributed by atoms with Gasteiger partial charge in [-0.15, -0.1) is 0 Å². The highest BCUT2D eigenvalue weighted by atomic mass is 16.5. The third kappa shape index (κ3) is 5.11. The minimum absolute atomic E-state index is 0.135. The van der Waals surface area contributed by atoms with Gasteiger partial charge in [-0.05, 0) is 37.1 Å². The van der Waals surface area contributed by atoms with Gasteiger partial charge in [-0.25, -0.2) is 0 Å². The topological polar surface area (TPSA) is 61.8 Å². The molecular formula is C19H26O5. The molecule has 0 unspecified atom stereocenters. The lowest BCUT2D eigenvalue weighted by Crippen LogP contribution is -2.10. The van der Waals surface area contributed by atoms with Crippen molar-refractivity contribution < 1.29 is 23.8 Å². The van der Waals surface area contributed by atoms with Crippen LogP contribution in [0.25, 0.3) is 6.08 Å². The molecule has 0 aromatic heterocycles. The van der Waals surface area contributed by atoms with E-state index in [0.717, 1.165) is 19.3 Å². The maximum absolute atomic E-state index is 12.3. The van der Waals surface area contributed by atoms with Crippen molar-refractivity contribution in [2.75, 3.05) is 21.3 Å². The van der Waals surface area contributed by atoms with Gasteiger partial charge in [0.15, 0.2) is 23.1 Å². The van der Waals surface area contributed by atoms with Gasteiger partial charge in [0.2, 0.25) is 5.75 Å². The third-order valence-corrected chi connectivity index (χ3v) is 3.69. The number of benzene rings is 1. The van der Waals surface area contributed by atoms with Crippen molar-refractivity contribution in [1.82, 2.24) is 0 Å². The molecule has 0 saturated carbocycles. The average molecular weight is 334 g/mol. The summed E-state index contributed by atoms with van der Waals surface area (Å²) in [6.45, 7) is 3.48. The number of hydrogen-bond acceptors (Lipinski definition) is 5. The molecule has 0 N–H and O–H groups in total. The standard InChI is InChI=1S/C19H26O5/c1-6-7-8-9-16(21)15(13(2)20)10-14-11-17(22-3)19(24-5)18(12-14)23-4/h10-12H,6-9H2,1-5H3. The molecule has 0 radical (unpaired) electrons. The van der Waals surface area contributed by atoms with Crippen LogP contribution in [-0.2, 0) is 9.59 Å². The maximum atomic E-state index is 12.3. The number of methoxy groups -OCH3 is 3. The number of Topliss-reactive ketones (excluding diaryl/α,β-unsaturated/α-hetero) is 2. The van der Waals surface area contributed by atoms with Gasteiger partial charge in [0, 0.05) is 6.42 Å². The molecule has 0 fully saturated rings. The van der Waals surface area contributed by atoms with Gasteiger partial charge in [0.1, 0.15) is 0 Å². The number of carbonyl (C=O) groups is 2. The fraction of sp³-hybridized carbons (Fsp3) is 0.474. The molecule has 0 amide bonds. The van der Waals surface area contributed by atoms with Crippen molar-refractivity contribution in [2.45, 2.75) is 39.5 Å². The van der Waals surface area contributed by atoms with Crippen molar-refractivity contribution in [3.63, 3.8) is 0 Å². The monoisotopic (exact) mass is 334 g/mol. The first-order valence-electron chi connectivity index (χ1n) is 8.04. The molecule has 5 heteroatoms. The predicted molar refractivity (Wildman–Crippen MR) is 93.9 cm³/mol. The molecule has 0 aliphatic carbocycles. The van der Waals surface area contributed by atoms with E-state index in [4.69, 9.17) is 14.2 Å². The Bertz CT molecular complexity index is 591. The average Bonchev–Trinajstić information content (AvgIpc) is 2.58. The van der Waals surface area contributed by atoms with Crippen LogP contribution in [0.15, 0.2) is 17.7 Å². The molecule has 5 nitrogen and oxygen atoms in total. The lowest BCUT2D eigenvalue weighted by Gasteiger charge is -2.13. The lowest BCUT2D eigenvalue weighted by atomic mass is 9.99. The molecule has 0 aliphatic heterocycles. The van der Waals surface area contributed by atoms with Crippen molar-refractivity contribution in [3.05, 3.63) is 23.3 Å². The summed E-state index contributed by atoms with van der Waals surface area (Å²) in [6.07, 6.45) is 4.75. The summed E-state index contributed by atoms with van der Waals surface area (Å²) in [6, 6.07) is 3.42. The Labute approximate surface area is 143 Å². The van der Waals surface area contributed by atoms with Crippen LogP contribution in [0.2, 0.25) is 0 Å². The van der Waals surface area contributed by atoms with Gasteiger partial charge in [-0.1, -0.05) is 19.8 Å². The van der Waals surface area contributed by atoms with Gasteiger partial charge in [-0.2, -0.15) is 0 Å². The lowest BCUT2D eigenvalue weighted by molar-refractivity contribution is -0.120.